The molecule has 0 bridgehead atoms. The van der Waals surface area contributed by atoms with Gasteiger partial charge in [-0.15, -0.1) is 4.73 Å². The maximum Gasteiger partial charge on any atom is 0.292 e. The molecule has 5 rings (SSSR count). The molecular weight excluding hydrogens is 429 g/mol. The molecule has 0 radical (unpaired) electrons. The van der Waals surface area contributed by atoms with Crippen molar-refractivity contribution in [2.75, 3.05) is 7.11 Å². The van der Waals surface area contributed by atoms with Crippen LogP contribution in [0.2, 0.25) is 10.0 Å². The molecule has 0 amide bonds. The van der Waals surface area contributed by atoms with Crippen molar-refractivity contribution < 1.29 is 4.84 Å². The topological polar surface area (TPSA) is 31.2 Å². The Kier molecular flexibility index (Phi) is 4.93. The first-order chi connectivity index (χ1) is 15.1. The zero-order valence-electron chi connectivity index (χ0n) is 16.6. The summed E-state index contributed by atoms with van der Waals surface area (Å²) in [4.78, 5) is 19.3. The van der Waals surface area contributed by atoms with Crippen LogP contribution in [0.3, 0.4) is 0 Å². The van der Waals surface area contributed by atoms with Crippen molar-refractivity contribution in [3.05, 3.63) is 105 Å². The van der Waals surface area contributed by atoms with Crippen LogP contribution in [0.25, 0.3) is 44.3 Å². The smallest absolute Gasteiger partial charge is 0.292 e. The van der Waals surface area contributed by atoms with Crippen LogP contribution in [0.15, 0.2) is 89.7 Å². The summed E-state index contributed by atoms with van der Waals surface area (Å²) >= 11 is 12.7. The quantitative estimate of drug-likeness (QED) is 0.305. The summed E-state index contributed by atoms with van der Waals surface area (Å²) in [6.45, 7) is 0. The molecule has 0 saturated carbocycles. The third-order valence-electron chi connectivity index (χ3n) is 5.41. The normalized spacial score (nSPS) is 11.2. The Bertz CT molecular complexity index is 1470. The van der Waals surface area contributed by atoms with E-state index in [1.165, 1.54) is 11.8 Å². The van der Waals surface area contributed by atoms with Gasteiger partial charge in [0.05, 0.1) is 11.1 Å². The fourth-order valence-corrected chi connectivity index (χ4v) is 4.54. The number of aromatic nitrogens is 1. The van der Waals surface area contributed by atoms with Gasteiger partial charge in [-0.2, -0.15) is 0 Å². The van der Waals surface area contributed by atoms with E-state index in [1.807, 2.05) is 72.8 Å². The monoisotopic (exact) mass is 445 g/mol. The van der Waals surface area contributed by atoms with Crippen molar-refractivity contribution in [1.29, 1.82) is 0 Å². The van der Waals surface area contributed by atoms with Crippen molar-refractivity contribution in [2.24, 2.45) is 0 Å². The lowest BCUT2D eigenvalue weighted by Gasteiger charge is -2.18. The minimum absolute atomic E-state index is 0.223. The summed E-state index contributed by atoms with van der Waals surface area (Å²) in [5.74, 6) is 0. The van der Waals surface area contributed by atoms with Gasteiger partial charge < -0.3 is 4.84 Å². The largest absolute Gasteiger partial charge is 0.413 e. The lowest BCUT2D eigenvalue weighted by atomic mass is 9.95. The summed E-state index contributed by atoms with van der Waals surface area (Å²) in [6.07, 6.45) is 0. The molecule has 3 nitrogen and oxygen atoms in total. The molecule has 2 aromatic carbocycles. The predicted molar refractivity (Wildman–Crippen MR) is 128 cm³/mol. The van der Waals surface area contributed by atoms with Crippen molar-refractivity contribution in [1.82, 2.24) is 4.73 Å². The second-order valence-corrected chi connectivity index (χ2v) is 8.11. The van der Waals surface area contributed by atoms with Crippen molar-refractivity contribution in [2.45, 2.75) is 0 Å². The molecule has 0 atom stereocenters. The Morgan fingerprint density at radius 3 is 2.10 bits per heavy atom. The molecule has 152 valence electrons. The SMILES string of the molecule is COn1c(-c2cccc(Cl)c2)c(-c2cccc(Cl)c2)c2cc3cccccc-3c2c1=O. The van der Waals surface area contributed by atoms with E-state index in [2.05, 4.69) is 6.07 Å². The Morgan fingerprint density at radius 1 is 0.742 bits per heavy atom. The van der Waals surface area contributed by atoms with E-state index in [-0.39, 0.29) is 5.56 Å². The zero-order valence-corrected chi connectivity index (χ0v) is 18.1. The third-order valence-corrected chi connectivity index (χ3v) is 5.88. The van der Waals surface area contributed by atoms with Gasteiger partial charge in [0.25, 0.3) is 5.56 Å². The van der Waals surface area contributed by atoms with Gasteiger partial charge in [0.2, 0.25) is 0 Å². The number of hydrogen-bond donors (Lipinski definition) is 0. The molecule has 0 aliphatic heterocycles. The number of halogens is 2. The fraction of sp³-hybridized carbons (Fsp3) is 0.0385. The number of hydrogen-bond acceptors (Lipinski definition) is 2. The molecule has 0 spiro atoms. The first-order valence-electron chi connectivity index (χ1n) is 9.75. The van der Waals surface area contributed by atoms with Crippen LogP contribution in [0, 0.1) is 0 Å². The second-order valence-electron chi connectivity index (χ2n) is 7.24. The standard InChI is InChI=1S/C26H17Cl2NO2/c1-31-29-25(18-9-6-11-20(28)14-18)23(17-8-5-10-19(27)13-17)22-15-16-7-3-2-4-12-21(16)24(22)26(29)30/h2-15H,1H3. The minimum atomic E-state index is -0.223. The van der Waals surface area contributed by atoms with Crippen molar-refractivity contribution in [3.8, 4) is 33.5 Å². The summed E-state index contributed by atoms with van der Waals surface area (Å²) < 4.78 is 1.34. The molecular formula is C26H17Cl2NO2. The molecule has 1 aromatic heterocycles. The van der Waals surface area contributed by atoms with Gasteiger partial charge in [-0.25, -0.2) is 0 Å². The van der Waals surface area contributed by atoms with Gasteiger partial charge in [-0.3, -0.25) is 4.79 Å². The van der Waals surface area contributed by atoms with Crippen LogP contribution in [0.5, 0.6) is 0 Å². The van der Waals surface area contributed by atoms with Crippen molar-refractivity contribution in [3.63, 3.8) is 0 Å². The van der Waals surface area contributed by atoms with Crippen molar-refractivity contribution >= 4 is 34.0 Å². The highest BCUT2D eigenvalue weighted by Gasteiger charge is 2.24. The first kappa shape index (κ1) is 19.7. The number of nitrogens with zero attached hydrogens (tertiary/aromatic N) is 1. The van der Waals surface area contributed by atoms with Crippen LogP contribution in [-0.4, -0.2) is 11.8 Å². The Hall–Kier alpha value is -3.27. The van der Waals surface area contributed by atoms with E-state index in [1.54, 1.807) is 6.07 Å². The highest BCUT2D eigenvalue weighted by molar-refractivity contribution is 6.31. The molecule has 0 N–H and O–H groups in total. The van der Waals surface area contributed by atoms with Crippen LogP contribution in [-0.2, 0) is 0 Å². The van der Waals surface area contributed by atoms with E-state index in [0.29, 0.717) is 21.1 Å². The van der Waals surface area contributed by atoms with E-state index in [0.717, 1.165) is 33.2 Å². The average molecular weight is 446 g/mol. The van der Waals surface area contributed by atoms with E-state index < -0.39 is 0 Å². The van der Waals surface area contributed by atoms with Gasteiger partial charge in [0.1, 0.15) is 7.11 Å². The van der Waals surface area contributed by atoms with E-state index >= 15 is 0 Å². The number of fused-ring (bicyclic) bond motifs is 3. The van der Waals surface area contributed by atoms with Gasteiger partial charge in [-0.05, 0) is 52.4 Å². The summed E-state index contributed by atoms with van der Waals surface area (Å²) in [5.41, 5.74) is 4.78. The number of benzene rings is 2. The maximum absolute atomic E-state index is 13.6. The molecule has 1 heterocycles. The molecule has 5 heteroatoms. The molecule has 2 aliphatic carbocycles. The van der Waals surface area contributed by atoms with Crippen LogP contribution < -0.4 is 10.4 Å². The average Bonchev–Trinajstić information content (AvgIpc) is 2.96. The van der Waals surface area contributed by atoms with Crippen LogP contribution in [0.4, 0.5) is 0 Å². The Balaban J connectivity index is 2.05. The van der Waals surface area contributed by atoms with Gasteiger partial charge in [0.15, 0.2) is 0 Å². The molecule has 0 saturated heterocycles. The van der Waals surface area contributed by atoms with Crippen LogP contribution in [0.1, 0.15) is 0 Å². The van der Waals surface area contributed by atoms with Gasteiger partial charge >= 0.3 is 0 Å². The fourth-order valence-electron chi connectivity index (χ4n) is 4.15. The second kappa shape index (κ2) is 7.77. The predicted octanol–water partition coefficient (Wildman–Crippen LogP) is 6.81. The van der Waals surface area contributed by atoms with Crippen LogP contribution >= 0.6 is 23.2 Å². The molecule has 0 fully saturated rings. The highest BCUT2D eigenvalue weighted by Crippen LogP contribution is 2.42. The van der Waals surface area contributed by atoms with Gasteiger partial charge in [-0.1, -0.05) is 77.8 Å². The summed E-state index contributed by atoms with van der Waals surface area (Å²) in [5, 5.41) is 2.63. The molecule has 2 aliphatic rings. The van der Waals surface area contributed by atoms with Gasteiger partial charge in [0, 0.05) is 21.2 Å². The molecule has 0 unspecified atom stereocenters. The number of rotatable bonds is 3. The lowest BCUT2D eigenvalue weighted by Crippen LogP contribution is -2.27. The minimum Gasteiger partial charge on any atom is -0.413 e. The summed E-state index contributed by atoms with van der Waals surface area (Å²) in [6, 6.07) is 26.9. The third kappa shape index (κ3) is 3.27. The lowest BCUT2D eigenvalue weighted by molar-refractivity contribution is 0.163. The molecule has 31 heavy (non-hydrogen) atoms. The highest BCUT2D eigenvalue weighted by atomic mass is 35.5. The molecule has 3 aromatic rings. The van der Waals surface area contributed by atoms with E-state index in [9.17, 15) is 4.79 Å². The zero-order chi connectivity index (χ0) is 21.5. The Morgan fingerprint density at radius 2 is 1.39 bits per heavy atom. The maximum atomic E-state index is 13.6. The number of pyridine rings is 1. The first-order valence-corrected chi connectivity index (χ1v) is 10.5. The Labute approximate surface area is 189 Å². The summed E-state index contributed by atoms with van der Waals surface area (Å²) in [7, 11) is 1.49. The van der Waals surface area contributed by atoms with E-state index in [4.69, 9.17) is 28.0 Å².